The average Bonchev–Trinajstić information content (AvgIpc) is 3.16. The second-order valence-electron chi connectivity index (χ2n) is 9.44. The number of allylic oxidation sites excluding steroid dienone is 6. The number of hydrogen-bond acceptors (Lipinski definition) is 6. The maximum atomic E-state index is 13.8. The Balaban J connectivity index is 0.000000480. The van der Waals surface area contributed by atoms with Gasteiger partial charge in [-0.15, -0.1) is 23.7 Å². The molecule has 2 aliphatic rings. The van der Waals surface area contributed by atoms with Gasteiger partial charge in [0.05, 0.1) is 24.0 Å². The van der Waals surface area contributed by atoms with Crippen molar-refractivity contribution in [2.45, 2.75) is 67.7 Å². The quantitative estimate of drug-likeness (QED) is 0.232. The molecule has 0 fully saturated rings. The monoisotopic (exact) mass is 606 g/mol. The number of aryl methyl sites for hydroxylation is 1. The van der Waals surface area contributed by atoms with Crippen LogP contribution in [0.2, 0.25) is 0 Å². The van der Waals surface area contributed by atoms with Gasteiger partial charge in [0.15, 0.2) is 0 Å². The molecule has 0 atom stereocenters. The van der Waals surface area contributed by atoms with Crippen molar-refractivity contribution >= 4 is 39.6 Å². The first-order chi connectivity index (χ1) is 20.8. The Morgan fingerprint density at radius 1 is 1.28 bits per heavy atom. The lowest BCUT2D eigenvalue weighted by Crippen LogP contribution is -2.30. The highest BCUT2D eigenvalue weighted by Gasteiger charge is 2.25. The number of benzene rings is 1. The first kappa shape index (κ1) is 37.4. The topological polar surface area (TPSA) is 48.9 Å². The minimum absolute atomic E-state index is 0.262. The summed E-state index contributed by atoms with van der Waals surface area (Å²) in [5.41, 5.74) is 5.07. The number of thiophene rings is 1. The second-order valence-corrected chi connectivity index (χ2v) is 10.7. The van der Waals surface area contributed by atoms with Crippen LogP contribution in [0.4, 0.5) is 20.8 Å². The van der Waals surface area contributed by atoms with Gasteiger partial charge in [-0.1, -0.05) is 52.0 Å². The molecule has 2 heterocycles. The molecule has 1 aromatic heterocycles. The number of rotatable bonds is 8. The number of terminal acetylenes is 1. The predicted octanol–water partition coefficient (Wildman–Crippen LogP) is 9.77. The van der Waals surface area contributed by atoms with Crippen LogP contribution in [0.1, 0.15) is 76.8 Å². The molecule has 0 unspecified atom stereocenters. The molecule has 0 bridgehead atoms. The standard InChI is InChI=1S/C21H27FN4S.C10H14O.C3H4.C2H6/c1-5-8-16-14(3)27-21-19(16)20(26(4)12-7-11-23-6-2)24-17-10-9-15(22)13-18(17)25-21;1-3-9-6-4-5-7-10(8-9)11-2;1-3-2;1-2/h5,8-10,13,23,25H,6-7,11-12H2,1-4H3;4,6-8H,3,5H2,1-2H3;1H,2H3;1-2H3/b8-5-;;;. The van der Waals surface area contributed by atoms with Crippen LogP contribution in [0.15, 0.2) is 64.9 Å². The molecule has 1 aliphatic carbocycles. The number of halogens is 1. The van der Waals surface area contributed by atoms with Gasteiger partial charge in [0.25, 0.3) is 0 Å². The van der Waals surface area contributed by atoms with E-state index in [4.69, 9.17) is 9.73 Å². The zero-order valence-corrected chi connectivity index (χ0v) is 28.4. The summed E-state index contributed by atoms with van der Waals surface area (Å²) in [6, 6.07) is 4.72. The number of amidine groups is 1. The van der Waals surface area contributed by atoms with Gasteiger partial charge in [-0.05, 0) is 89.0 Å². The van der Waals surface area contributed by atoms with E-state index in [1.165, 1.54) is 28.1 Å². The van der Waals surface area contributed by atoms with Crippen LogP contribution in [-0.4, -0.2) is 44.5 Å². The molecule has 0 saturated heterocycles. The van der Waals surface area contributed by atoms with Crippen LogP contribution in [0.3, 0.4) is 0 Å². The number of ether oxygens (including phenoxy) is 1. The summed E-state index contributed by atoms with van der Waals surface area (Å²) in [7, 11) is 3.79. The molecule has 4 rings (SSSR count). The van der Waals surface area contributed by atoms with E-state index in [2.05, 4.69) is 92.2 Å². The molecule has 5 nitrogen and oxygen atoms in total. The van der Waals surface area contributed by atoms with Crippen molar-refractivity contribution in [3.05, 3.63) is 81.7 Å². The molecule has 7 heteroatoms. The zero-order valence-electron chi connectivity index (χ0n) is 27.6. The summed E-state index contributed by atoms with van der Waals surface area (Å²) in [6.07, 6.45) is 20.3. The van der Waals surface area contributed by atoms with Crippen LogP contribution in [0.5, 0.6) is 0 Å². The van der Waals surface area contributed by atoms with Crippen molar-refractivity contribution in [3.63, 3.8) is 0 Å². The first-order valence-electron chi connectivity index (χ1n) is 15.1. The van der Waals surface area contributed by atoms with E-state index < -0.39 is 0 Å². The van der Waals surface area contributed by atoms with Crippen molar-refractivity contribution in [2.24, 2.45) is 4.99 Å². The average molecular weight is 607 g/mol. The molecule has 234 valence electrons. The molecule has 43 heavy (non-hydrogen) atoms. The Labute approximate surface area is 264 Å². The van der Waals surface area contributed by atoms with Gasteiger partial charge in [-0.3, -0.25) is 0 Å². The largest absolute Gasteiger partial charge is 0.497 e. The van der Waals surface area contributed by atoms with E-state index in [9.17, 15) is 4.39 Å². The highest BCUT2D eigenvalue weighted by atomic mass is 32.1. The molecule has 2 N–H and O–H groups in total. The first-order valence-corrected chi connectivity index (χ1v) is 16.0. The Kier molecular flexibility index (Phi) is 18.4. The van der Waals surface area contributed by atoms with Crippen molar-refractivity contribution < 1.29 is 9.13 Å². The van der Waals surface area contributed by atoms with Crippen molar-refractivity contribution in [3.8, 4) is 12.3 Å². The maximum absolute atomic E-state index is 13.8. The highest BCUT2D eigenvalue weighted by molar-refractivity contribution is 7.16. The lowest BCUT2D eigenvalue weighted by Gasteiger charge is -2.22. The van der Waals surface area contributed by atoms with Crippen molar-refractivity contribution in [2.75, 3.05) is 39.1 Å². The van der Waals surface area contributed by atoms with E-state index in [0.29, 0.717) is 5.69 Å². The Hall–Kier alpha value is -3.60. The van der Waals surface area contributed by atoms with E-state index in [0.717, 1.165) is 66.7 Å². The molecule has 0 radical (unpaired) electrons. The minimum Gasteiger partial charge on any atom is -0.497 e. The zero-order chi connectivity index (χ0) is 32.2. The number of hydrogen-bond donors (Lipinski definition) is 2. The number of anilines is 2. The van der Waals surface area contributed by atoms with Crippen molar-refractivity contribution in [1.82, 2.24) is 10.2 Å². The van der Waals surface area contributed by atoms with Crippen LogP contribution in [-0.2, 0) is 4.74 Å². The smallest absolute Gasteiger partial charge is 0.139 e. The fourth-order valence-electron chi connectivity index (χ4n) is 4.29. The van der Waals surface area contributed by atoms with Gasteiger partial charge < -0.3 is 20.3 Å². The number of aliphatic imine (C=N–C) groups is 1. The van der Waals surface area contributed by atoms with Crippen LogP contribution in [0, 0.1) is 25.1 Å². The number of methoxy groups -OCH3 is 1. The highest BCUT2D eigenvalue weighted by Crippen LogP contribution is 2.42. The Morgan fingerprint density at radius 2 is 2.00 bits per heavy atom. The molecular weight excluding hydrogens is 555 g/mol. The van der Waals surface area contributed by atoms with Gasteiger partial charge in [0.2, 0.25) is 0 Å². The van der Waals surface area contributed by atoms with E-state index in [1.807, 2.05) is 20.8 Å². The summed E-state index contributed by atoms with van der Waals surface area (Å²) in [5, 5.41) is 7.80. The Morgan fingerprint density at radius 3 is 2.63 bits per heavy atom. The normalized spacial score (nSPS) is 12.8. The van der Waals surface area contributed by atoms with Gasteiger partial charge >= 0.3 is 0 Å². The van der Waals surface area contributed by atoms with Crippen molar-refractivity contribution in [1.29, 1.82) is 0 Å². The van der Waals surface area contributed by atoms with Gasteiger partial charge in [0, 0.05) is 24.0 Å². The molecule has 1 aromatic carbocycles. The molecular formula is C36H51FN4OS. The number of nitrogens with one attached hydrogen (secondary N) is 2. The third-order valence-electron chi connectivity index (χ3n) is 6.34. The van der Waals surface area contributed by atoms with Crippen LogP contribution >= 0.6 is 11.3 Å². The second kappa shape index (κ2) is 21.1. The fourth-order valence-corrected chi connectivity index (χ4v) is 5.34. The fraction of sp³-hybridized carbons (Fsp3) is 0.417. The van der Waals surface area contributed by atoms with Gasteiger partial charge in [-0.2, -0.15) is 0 Å². The summed E-state index contributed by atoms with van der Waals surface area (Å²) < 4.78 is 18.9. The third-order valence-corrected chi connectivity index (χ3v) is 7.37. The van der Waals surface area contributed by atoms with Gasteiger partial charge in [-0.25, -0.2) is 9.38 Å². The summed E-state index contributed by atoms with van der Waals surface area (Å²) >= 11 is 1.69. The third kappa shape index (κ3) is 11.9. The SMILES string of the molecule is C#CC.C/C=C\c1c(C)sc2c1C(N(C)CCCNCC)=Nc1ccc(F)cc1N2.CC.CCC1=CC(OC)=CCC=C1. The summed E-state index contributed by atoms with van der Waals surface area (Å²) in [6.45, 7) is 16.9. The van der Waals surface area contributed by atoms with E-state index in [1.54, 1.807) is 31.4 Å². The lowest BCUT2D eigenvalue weighted by atomic mass is 10.1. The number of nitrogens with zero attached hydrogens (tertiary/aromatic N) is 2. The lowest BCUT2D eigenvalue weighted by molar-refractivity contribution is 0.305. The van der Waals surface area contributed by atoms with E-state index in [-0.39, 0.29) is 5.82 Å². The minimum atomic E-state index is -0.262. The summed E-state index contributed by atoms with van der Waals surface area (Å²) in [5.74, 6) is 3.89. The van der Waals surface area contributed by atoms with E-state index >= 15 is 0 Å². The van der Waals surface area contributed by atoms with Gasteiger partial charge in [0.1, 0.15) is 22.4 Å². The number of fused-ring (bicyclic) bond motifs is 2. The molecule has 1 aliphatic heterocycles. The molecule has 0 spiro atoms. The molecule has 2 aromatic rings. The predicted molar refractivity (Wildman–Crippen MR) is 189 cm³/mol. The van der Waals surface area contributed by atoms with Crippen LogP contribution in [0.25, 0.3) is 6.08 Å². The summed E-state index contributed by atoms with van der Waals surface area (Å²) in [4.78, 5) is 8.37. The molecule has 0 amide bonds. The maximum Gasteiger partial charge on any atom is 0.139 e. The van der Waals surface area contributed by atoms with Crippen LogP contribution < -0.4 is 10.6 Å². The molecule has 0 saturated carbocycles. The Bertz CT molecular complexity index is 1330.